The Labute approximate surface area is 171 Å². The second-order valence-corrected chi connectivity index (χ2v) is 7.90. The number of halogens is 1. The summed E-state index contributed by atoms with van der Waals surface area (Å²) >= 11 is 1.75. The summed E-state index contributed by atoms with van der Waals surface area (Å²) in [6, 6.07) is 8.73. The number of aromatic nitrogens is 1. The third kappa shape index (κ3) is 4.73. The van der Waals surface area contributed by atoms with Crippen molar-refractivity contribution in [2.75, 3.05) is 13.6 Å². The van der Waals surface area contributed by atoms with Crippen LogP contribution in [0.2, 0.25) is 0 Å². The van der Waals surface area contributed by atoms with Crippen LogP contribution in [-0.2, 0) is 12.0 Å². The van der Waals surface area contributed by atoms with Gasteiger partial charge in [-0.2, -0.15) is 0 Å². The van der Waals surface area contributed by atoms with Crippen molar-refractivity contribution in [1.29, 1.82) is 0 Å². The smallest absolute Gasteiger partial charge is 0.191 e. The molecule has 0 radical (unpaired) electrons. The van der Waals surface area contributed by atoms with E-state index in [1.165, 1.54) is 28.8 Å². The van der Waals surface area contributed by atoms with E-state index in [1.807, 2.05) is 14.0 Å². The van der Waals surface area contributed by atoms with Gasteiger partial charge in [0.15, 0.2) is 5.96 Å². The average Bonchev–Trinajstić information content (AvgIpc) is 3.27. The molecule has 25 heavy (non-hydrogen) atoms. The lowest BCUT2D eigenvalue weighted by Crippen LogP contribution is -2.41. The first-order chi connectivity index (χ1) is 11.5. The molecule has 0 atom stereocenters. The highest BCUT2D eigenvalue weighted by atomic mass is 127. The Bertz CT molecular complexity index is 750. The fraction of sp³-hybridized carbons (Fsp3) is 0.474. The number of benzene rings is 1. The quantitative estimate of drug-likeness (QED) is 0.393. The van der Waals surface area contributed by atoms with Gasteiger partial charge in [-0.3, -0.25) is 4.99 Å². The molecule has 1 aromatic carbocycles. The molecule has 1 aliphatic rings. The summed E-state index contributed by atoms with van der Waals surface area (Å²) < 4.78 is 0. The number of aliphatic imine (C=N–C) groups is 1. The van der Waals surface area contributed by atoms with Crippen molar-refractivity contribution < 1.29 is 0 Å². The van der Waals surface area contributed by atoms with Gasteiger partial charge in [0.2, 0.25) is 0 Å². The van der Waals surface area contributed by atoms with E-state index >= 15 is 0 Å². The molecule has 2 aromatic rings. The Morgan fingerprint density at radius 1 is 1.20 bits per heavy atom. The summed E-state index contributed by atoms with van der Waals surface area (Å²) in [4.78, 5) is 10.1. The number of rotatable bonds is 5. The van der Waals surface area contributed by atoms with Gasteiger partial charge in [-0.25, -0.2) is 4.98 Å². The predicted octanol–water partition coefficient (Wildman–Crippen LogP) is 4.08. The third-order valence-corrected chi connectivity index (χ3v) is 5.88. The van der Waals surface area contributed by atoms with Gasteiger partial charge in [0.1, 0.15) is 0 Å². The maximum Gasteiger partial charge on any atom is 0.191 e. The van der Waals surface area contributed by atoms with Crippen LogP contribution >= 0.6 is 35.3 Å². The van der Waals surface area contributed by atoms with Gasteiger partial charge in [-0.1, -0.05) is 24.3 Å². The first-order valence-corrected chi connectivity index (χ1v) is 9.29. The SMILES string of the molecule is CN=C(NCc1sc(C)nc1C)NCC1(c2ccccc2C)CC1.I. The first-order valence-electron chi connectivity index (χ1n) is 8.47. The van der Waals surface area contributed by atoms with Crippen LogP contribution in [0.3, 0.4) is 0 Å². The predicted molar refractivity (Wildman–Crippen MR) is 117 cm³/mol. The molecule has 0 aliphatic heterocycles. The van der Waals surface area contributed by atoms with Gasteiger partial charge >= 0.3 is 0 Å². The minimum Gasteiger partial charge on any atom is -0.356 e. The van der Waals surface area contributed by atoms with Crippen LogP contribution < -0.4 is 10.6 Å². The highest BCUT2D eigenvalue weighted by Gasteiger charge is 2.44. The number of guanidine groups is 1. The summed E-state index contributed by atoms with van der Waals surface area (Å²) in [5, 5.41) is 8.05. The van der Waals surface area contributed by atoms with Gasteiger partial charge in [0, 0.05) is 23.9 Å². The molecule has 1 fully saturated rings. The number of nitrogens with one attached hydrogen (secondary N) is 2. The molecule has 1 saturated carbocycles. The zero-order valence-electron chi connectivity index (χ0n) is 15.3. The molecule has 0 amide bonds. The number of thiazole rings is 1. The fourth-order valence-corrected chi connectivity index (χ4v) is 4.11. The molecule has 6 heteroatoms. The molecule has 0 saturated heterocycles. The van der Waals surface area contributed by atoms with Crippen molar-refractivity contribution in [1.82, 2.24) is 15.6 Å². The van der Waals surface area contributed by atoms with E-state index in [1.54, 1.807) is 11.3 Å². The van der Waals surface area contributed by atoms with E-state index in [0.29, 0.717) is 0 Å². The Hall–Kier alpha value is -1.15. The number of hydrogen-bond donors (Lipinski definition) is 2. The lowest BCUT2D eigenvalue weighted by atomic mass is 9.92. The zero-order chi connectivity index (χ0) is 17.2. The van der Waals surface area contributed by atoms with E-state index in [-0.39, 0.29) is 29.4 Å². The Morgan fingerprint density at radius 2 is 1.92 bits per heavy atom. The van der Waals surface area contributed by atoms with Crippen LogP contribution in [0.25, 0.3) is 0 Å². The summed E-state index contributed by atoms with van der Waals surface area (Å²) in [5.41, 5.74) is 4.25. The fourth-order valence-electron chi connectivity index (χ4n) is 3.24. The summed E-state index contributed by atoms with van der Waals surface area (Å²) in [6.07, 6.45) is 2.49. The number of hydrogen-bond acceptors (Lipinski definition) is 3. The third-order valence-electron chi connectivity index (χ3n) is 4.80. The van der Waals surface area contributed by atoms with Crippen LogP contribution in [0.1, 0.15) is 39.5 Å². The Balaban J connectivity index is 0.00000225. The van der Waals surface area contributed by atoms with Crippen molar-refractivity contribution in [2.45, 2.75) is 45.6 Å². The molecule has 3 rings (SSSR count). The van der Waals surface area contributed by atoms with Crippen LogP contribution in [0.15, 0.2) is 29.3 Å². The van der Waals surface area contributed by atoms with Gasteiger partial charge in [-0.15, -0.1) is 35.3 Å². The Morgan fingerprint density at radius 3 is 2.48 bits per heavy atom. The minimum atomic E-state index is 0. The van der Waals surface area contributed by atoms with E-state index in [9.17, 15) is 0 Å². The highest BCUT2D eigenvalue weighted by Crippen LogP contribution is 2.48. The average molecular weight is 470 g/mol. The maximum atomic E-state index is 4.48. The van der Waals surface area contributed by atoms with E-state index in [0.717, 1.165) is 29.8 Å². The molecular weight excluding hydrogens is 443 g/mol. The minimum absolute atomic E-state index is 0. The van der Waals surface area contributed by atoms with Gasteiger partial charge < -0.3 is 10.6 Å². The van der Waals surface area contributed by atoms with Crippen LogP contribution in [0.5, 0.6) is 0 Å². The molecule has 136 valence electrons. The lowest BCUT2D eigenvalue weighted by Gasteiger charge is -2.20. The molecule has 2 N–H and O–H groups in total. The van der Waals surface area contributed by atoms with Gasteiger partial charge in [-0.05, 0) is 44.7 Å². The second kappa shape index (κ2) is 8.49. The van der Waals surface area contributed by atoms with Crippen LogP contribution in [-0.4, -0.2) is 24.5 Å². The maximum absolute atomic E-state index is 4.48. The topological polar surface area (TPSA) is 49.3 Å². The normalized spacial score (nSPS) is 15.4. The monoisotopic (exact) mass is 470 g/mol. The zero-order valence-corrected chi connectivity index (χ0v) is 18.5. The molecule has 1 aliphatic carbocycles. The van der Waals surface area contributed by atoms with E-state index < -0.39 is 0 Å². The van der Waals surface area contributed by atoms with Crippen LogP contribution in [0.4, 0.5) is 0 Å². The van der Waals surface area contributed by atoms with Crippen molar-refractivity contribution in [3.8, 4) is 0 Å². The molecule has 0 spiro atoms. The van der Waals surface area contributed by atoms with Gasteiger partial charge in [0.25, 0.3) is 0 Å². The number of aryl methyl sites for hydroxylation is 3. The number of nitrogens with zero attached hydrogens (tertiary/aromatic N) is 2. The molecule has 1 aromatic heterocycles. The Kier molecular flexibility index (Phi) is 6.85. The van der Waals surface area contributed by atoms with E-state index in [4.69, 9.17) is 0 Å². The van der Waals surface area contributed by atoms with Crippen LogP contribution in [0, 0.1) is 20.8 Å². The van der Waals surface area contributed by atoms with Crippen molar-refractivity contribution >= 4 is 41.3 Å². The van der Waals surface area contributed by atoms with Crippen molar-refractivity contribution in [3.05, 3.63) is 51.0 Å². The highest BCUT2D eigenvalue weighted by molar-refractivity contribution is 14.0. The van der Waals surface area contributed by atoms with E-state index in [2.05, 4.69) is 58.7 Å². The molecule has 1 heterocycles. The summed E-state index contributed by atoms with van der Waals surface area (Å²) in [5.74, 6) is 0.861. The molecular formula is C19H27IN4S. The largest absolute Gasteiger partial charge is 0.356 e. The second-order valence-electron chi connectivity index (χ2n) is 6.62. The summed E-state index contributed by atoms with van der Waals surface area (Å²) in [7, 11) is 1.83. The molecule has 0 unspecified atom stereocenters. The molecule has 4 nitrogen and oxygen atoms in total. The molecule has 0 bridgehead atoms. The first kappa shape index (κ1) is 20.2. The van der Waals surface area contributed by atoms with Crippen molar-refractivity contribution in [2.24, 2.45) is 4.99 Å². The van der Waals surface area contributed by atoms with Gasteiger partial charge in [0.05, 0.1) is 17.2 Å². The van der Waals surface area contributed by atoms with Crippen molar-refractivity contribution in [3.63, 3.8) is 0 Å². The lowest BCUT2D eigenvalue weighted by molar-refractivity contribution is 0.642. The summed E-state index contributed by atoms with van der Waals surface area (Å²) in [6.45, 7) is 8.02. The standard InChI is InChI=1S/C19H26N4S.HI/c1-13-7-5-6-8-16(13)19(9-10-19)12-22-18(20-4)21-11-17-14(2)23-15(3)24-17;/h5-8H,9-12H2,1-4H3,(H2,20,21,22);1H.